The van der Waals surface area contributed by atoms with E-state index >= 15 is 0 Å². The molecule has 0 bridgehead atoms. The maximum Gasteiger partial charge on any atom is 0.237 e. The first-order chi connectivity index (χ1) is 18.4. The fraction of sp³-hybridized carbons (Fsp3) is 0.548. The van der Waals surface area contributed by atoms with E-state index in [1.807, 2.05) is 39.0 Å². The SMILES string of the molecule is CC.CC(C)(C)C.CC(c1cccc(Cl)c1Cl)[C@@H](NCc1ccc(Cl)cc1NC=O)C(=O)NC1CCCCC1. The van der Waals surface area contributed by atoms with E-state index in [0.29, 0.717) is 39.1 Å². The van der Waals surface area contributed by atoms with Crippen molar-refractivity contribution >= 4 is 52.8 Å². The number of carbonyl (C=O) groups is 2. The Bertz CT molecular complexity index is 1030. The molecule has 3 N–H and O–H groups in total. The first-order valence-corrected chi connectivity index (χ1v) is 15.0. The smallest absolute Gasteiger partial charge is 0.237 e. The Kier molecular flexibility index (Phi) is 16.1. The third kappa shape index (κ3) is 12.9. The second-order valence-corrected chi connectivity index (χ2v) is 12.4. The van der Waals surface area contributed by atoms with Crippen LogP contribution in [0.4, 0.5) is 5.69 Å². The van der Waals surface area contributed by atoms with Crippen LogP contribution in [-0.4, -0.2) is 24.4 Å². The highest BCUT2D eigenvalue weighted by Crippen LogP contribution is 2.33. The number of hydrogen-bond donors (Lipinski definition) is 3. The summed E-state index contributed by atoms with van der Waals surface area (Å²) in [6.07, 6.45) is 6.07. The van der Waals surface area contributed by atoms with Gasteiger partial charge in [-0.1, -0.05) is 121 Å². The molecule has 2 aromatic rings. The zero-order valence-electron chi connectivity index (χ0n) is 24.5. The summed E-state index contributed by atoms with van der Waals surface area (Å²) in [6, 6.07) is 10.4. The highest BCUT2D eigenvalue weighted by atomic mass is 35.5. The molecule has 39 heavy (non-hydrogen) atoms. The standard InChI is InChI=1S/C24H28Cl3N3O2.C5H12.C2H6/c1-15(19-8-5-9-20(26)22(19)27)23(24(32)30-18-6-3-2-4-7-18)28-13-16-10-11-17(25)12-21(16)29-14-31;1-5(2,3)4;1-2/h5,8-12,14-15,18,23,28H,2-4,6-7,13H2,1H3,(H,29,31)(H,30,32);1-4H3;1-2H3/t15?,23-;;/m1../s1. The molecule has 0 heterocycles. The minimum atomic E-state index is -0.548. The molecule has 3 rings (SSSR count). The Labute approximate surface area is 250 Å². The lowest BCUT2D eigenvalue weighted by Crippen LogP contribution is -2.50. The molecule has 8 heteroatoms. The molecule has 1 saturated carbocycles. The summed E-state index contributed by atoms with van der Waals surface area (Å²) in [5.74, 6) is -0.307. The third-order valence-electron chi connectivity index (χ3n) is 6.00. The number of carbonyl (C=O) groups excluding carboxylic acids is 2. The van der Waals surface area contributed by atoms with E-state index in [1.54, 1.807) is 18.2 Å². The number of rotatable bonds is 9. The van der Waals surface area contributed by atoms with Gasteiger partial charge in [-0.15, -0.1) is 0 Å². The predicted molar refractivity (Wildman–Crippen MR) is 168 cm³/mol. The number of anilines is 1. The molecule has 1 aliphatic carbocycles. The van der Waals surface area contributed by atoms with Crippen LogP contribution in [0.3, 0.4) is 0 Å². The summed E-state index contributed by atoms with van der Waals surface area (Å²) in [6.45, 7) is 15.1. The molecular weight excluding hydrogens is 553 g/mol. The van der Waals surface area contributed by atoms with Gasteiger partial charge in [0.1, 0.15) is 0 Å². The van der Waals surface area contributed by atoms with Crippen molar-refractivity contribution < 1.29 is 9.59 Å². The minimum Gasteiger partial charge on any atom is -0.352 e. The summed E-state index contributed by atoms with van der Waals surface area (Å²) in [5.41, 5.74) is 2.72. The highest BCUT2D eigenvalue weighted by molar-refractivity contribution is 6.42. The Balaban J connectivity index is 0.000000975. The molecule has 5 nitrogen and oxygen atoms in total. The van der Waals surface area contributed by atoms with E-state index in [-0.39, 0.29) is 17.9 Å². The van der Waals surface area contributed by atoms with Gasteiger partial charge in [-0.3, -0.25) is 9.59 Å². The number of hydrogen-bond acceptors (Lipinski definition) is 3. The number of benzene rings is 2. The number of nitrogens with one attached hydrogen (secondary N) is 3. The Morgan fingerprint density at radius 2 is 1.64 bits per heavy atom. The fourth-order valence-corrected chi connectivity index (χ4v) is 4.86. The van der Waals surface area contributed by atoms with Crippen LogP contribution in [0.25, 0.3) is 0 Å². The van der Waals surface area contributed by atoms with Gasteiger partial charge in [-0.05, 0) is 47.6 Å². The van der Waals surface area contributed by atoms with Gasteiger partial charge in [-0.2, -0.15) is 0 Å². The molecule has 0 aromatic heterocycles. The van der Waals surface area contributed by atoms with Crippen LogP contribution in [0.1, 0.15) is 97.6 Å². The van der Waals surface area contributed by atoms with Crippen LogP contribution in [0, 0.1) is 5.41 Å². The Morgan fingerprint density at radius 3 is 2.23 bits per heavy atom. The minimum absolute atomic E-state index is 0.0701. The van der Waals surface area contributed by atoms with Crippen LogP contribution < -0.4 is 16.0 Å². The largest absolute Gasteiger partial charge is 0.352 e. The van der Waals surface area contributed by atoms with Crippen LogP contribution in [0.5, 0.6) is 0 Å². The van der Waals surface area contributed by atoms with Gasteiger partial charge in [0.2, 0.25) is 12.3 Å². The normalized spacial score (nSPS) is 15.0. The lowest BCUT2D eigenvalue weighted by molar-refractivity contribution is -0.124. The van der Waals surface area contributed by atoms with Gasteiger partial charge in [-0.25, -0.2) is 0 Å². The summed E-state index contributed by atoms with van der Waals surface area (Å²) in [7, 11) is 0. The molecule has 0 radical (unpaired) electrons. The number of amides is 2. The van der Waals surface area contributed by atoms with E-state index in [2.05, 4.69) is 43.6 Å². The summed E-state index contributed by atoms with van der Waals surface area (Å²) >= 11 is 18.8. The molecule has 1 unspecified atom stereocenters. The molecule has 2 amide bonds. The van der Waals surface area contributed by atoms with Crippen molar-refractivity contribution in [3.05, 3.63) is 62.6 Å². The van der Waals surface area contributed by atoms with Gasteiger partial charge in [0.25, 0.3) is 0 Å². The topological polar surface area (TPSA) is 70.2 Å². The van der Waals surface area contributed by atoms with Crippen LogP contribution >= 0.6 is 34.8 Å². The molecular formula is C31H46Cl3N3O2. The third-order valence-corrected chi connectivity index (χ3v) is 7.07. The second kappa shape index (κ2) is 17.8. The lowest BCUT2D eigenvalue weighted by Gasteiger charge is -2.30. The van der Waals surface area contributed by atoms with Crippen molar-refractivity contribution in [2.45, 2.75) is 105 Å². The first kappa shape index (κ1) is 35.2. The van der Waals surface area contributed by atoms with Crippen LogP contribution in [0.15, 0.2) is 36.4 Å². The van der Waals surface area contributed by atoms with E-state index < -0.39 is 6.04 Å². The van der Waals surface area contributed by atoms with Crippen LogP contribution in [-0.2, 0) is 16.1 Å². The fourth-order valence-electron chi connectivity index (χ4n) is 4.21. The van der Waals surface area contributed by atoms with Crippen molar-refractivity contribution in [1.82, 2.24) is 10.6 Å². The molecule has 0 spiro atoms. The van der Waals surface area contributed by atoms with Gasteiger partial charge in [0.05, 0.1) is 16.1 Å². The van der Waals surface area contributed by atoms with Crippen molar-refractivity contribution in [2.24, 2.45) is 5.41 Å². The molecule has 2 atom stereocenters. The highest BCUT2D eigenvalue weighted by Gasteiger charge is 2.30. The Morgan fingerprint density at radius 1 is 1.03 bits per heavy atom. The molecule has 1 aliphatic rings. The molecule has 2 aromatic carbocycles. The second-order valence-electron chi connectivity index (χ2n) is 11.2. The van der Waals surface area contributed by atoms with Gasteiger partial charge in [0.15, 0.2) is 0 Å². The lowest BCUT2D eigenvalue weighted by atomic mass is 9.90. The van der Waals surface area contributed by atoms with E-state index in [4.69, 9.17) is 34.8 Å². The average Bonchev–Trinajstić information content (AvgIpc) is 2.88. The van der Waals surface area contributed by atoms with Crippen molar-refractivity contribution in [3.63, 3.8) is 0 Å². The molecule has 218 valence electrons. The van der Waals surface area contributed by atoms with E-state index in [1.165, 1.54) is 6.42 Å². The number of halogens is 3. The quantitative estimate of drug-likeness (QED) is 0.252. The molecule has 0 aliphatic heterocycles. The van der Waals surface area contributed by atoms with Gasteiger partial charge in [0, 0.05) is 29.2 Å². The molecule has 1 fully saturated rings. The monoisotopic (exact) mass is 597 g/mol. The van der Waals surface area contributed by atoms with E-state index in [9.17, 15) is 9.59 Å². The van der Waals surface area contributed by atoms with Crippen LogP contribution in [0.2, 0.25) is 15.1 Å². The Hall–Kier alpha value is -1.79. The van der Waals surface area contributed by atoms with Gasteiger partial charge < -0.3 is 16.0 Å². The summed E-state index contributed by atoms with van der Waals surface area (Å²) in [5, 5.41) is 10.7. The van der Waals surface area contributed by atoms with Crippen molar-refractivity contribution in [3.8, 4) is 0 Å². The van der Waals surface area contributed by atoms with Crippen molar-refractivity contribution in [1.29, 1.82) is 0 Å². The van der Waals surface area contributed by atoms with Gasteiger partial charge >= 0.3 is 0 Å². The van der Waals surface area contributed by atoms with Crippen molar-refractivity contribution in [2.75, 3.05) is 5.32 Å². The van der Waals surface area contributed by atoms with E-state index in [0.717, 1.165) is 36.8 Å². The maximum atomic E-state index is 13.4. The summed E-state index contributed by atoms with van der Waals surface area (Å²) in [4.78, 5) is 24.4. The zero-order chi connectivity index (χ0) is 29.6. The average molecular weight is 599 g/mol. The summed E-state index contributed by atoms with van der Waals surface area (Å²) < 4.78 is 0. The first-order valence-electron chi connectivity index (χ1n) is 13.9. The maximum absolute atomic E-state index is 13.4. The predicted octanol–water partition coefficient (Wildman–Crippen LogP) is 9.00. The molecule has 0 saturated heterocycles. The zero-order valence-corrected chi connectivity index (χ0v) is 26.7.